The normalized spacial score (nSPS) is 19.5. The summed E-state index contributed by atoms with van der Waals surface area (Å²) in [5.74, 6) is 1.09. The SMILES string of the molecule is CCNC(=NCc1ccc(CN2CCCC2=O)cc1)NCCCOCC1CCCO1. The molecule has 0 aromatic heterocycles. The van der Waals surface area contributed by atoms with E-state index in [0.29, 0.717) is 32.2 Å². The van der Waals surface area contributed by atoms with Crippen molar-refractivity contribution in [2.24, 2.45) is 4.99 Å². The van der Waals surface area contributed by atoms with Crippen LogP contribution >= 0.6 is 0 Å². The van der Waals surface area contributed by atoms with E-state index in [1.54, 1.807) is 0 Å². The number of ether oxygens (including phenoxy) is 2. The Hall–Kier alpha value is -2.12. The lowest BCUT2D eigenvalue weighted by Gasteiger charge is -2.15. The highest BCUT2D eigenvalue weighted by atomic mass is 16.5. The molecule has 0 bridgehead atoms. The van der Waals surface area contributed by atoms with Gasteiger partial charge in [-0.25, -0.2) is 4.99 Å². The Bertz CT molecular complexity index is 672. The van der Waals surface area contributed by atoms with Crippen LogP contribution in [-0.2, 0) is 27.4 Å². The molecule has 0 spiro atoms. The molecule has 2 aliphatic heterocycles. The Morgan fingerprint density at radius 1 is 1.23 bits per heavy atom. The van der Waals surface area contributed by atoms with Gasteiger partial charge in [-0.15, -0.1) is 0 Å². The van der Waals surface area contributed by atoms with Gasteiger partial charge in [0.25, 0.3) is 0 Å². The molecule has 2 saturated heterocycles. The minimum atomic E-state index is 0.266. The quantitative estimate of drug-likeness (QED) is 0.329. The first-order valence-electron chi connectivity index (χ1n) is 11.3. The molecule has 0 saturated carbocycles. The maximum atomic E-state index is 11.8. The molecule has 1 amide bonds. The van der Waals surface area contributed by atoms with E-state index >= 15 is 0 Å². The van der Waals surface area contributed by atoms with Gasteiger partial charge in [0.1, 0.15) is 0 Å². The van der Waals surface area contributed by atoms with E-state index in [0.717, 1.165) is 70.1 Å². The van der Waals surface area contributed by atoms with E-state index in [1.165, 1.54) is 5.56 Å². The van der Waals surface area contributed by atoms with Crippen LogP contribution in [0.2, 0.25) is 0 Å². The summed E-state index contributed by atoms with van der Waals surface area (Å²) in [6.07, 6.45) is 5.16. The molecule has 1 aromatic rings. The topological polar surface area (TPSA) is 75.2 Å². The van der Waals surface area contributed by atoms with Gasteiger partial charge in [-0.1, -0.05) is 24.3 Å². The first kappa shape index (κ1) is 22.6. The van der Waals surface area contributed by atoms with Crippen LogP contribution in [0, 0.1) is 0 Å². The van der Waals surface area contributed by atoms with E-state index in [2.05, 4.69) is 46.8 Å². The van der Waals surface area contributed by atoms with Crippen molar-refractivity contribution in [3.8, 4) is 0 Å². The van der Waals surface area contributed by atoms with Crippen LogP contribution in [0.3, 0.4) is 0 Å². The molecule has 2 aliphatic rings. The molecule has 1 aromatic carbocycles. The van der Waals surface area contributed by atoms with Crippen molar-refractivity contribution >= 4 is 11.9 Å². The highest BCUT2D eigenvalue weighted by Gasteiger charge is 2.19. The number of nitrogens with zero attached hydrogens (tertiary/aromatic N) is 2. The fraction of sp³-hybridized carbons (Fsp3) is 0.652. The van der Waals surface area contributed by atoms with Crippen molar-refractivity contribution in [1.82, 2.24) is 15.5 Å². The lowest BCUT2D eigenvalue weighted by atomic mass is 10.1. The van der Waals surface area contributed by atoms with Crippen molar-refractivity contribution in [3.63, 3.8) is 0 Å². The summed E-state index contributed by atoms with van der Waals surface area (Å²) in [7, 11) is 0. The van der Waals surface area contributed by atoms with Crippen LogP contribution in [0.1, 0.15) is 50.2 Å². The number of hydrogen-bond donors (Lipinski definition) is 2. The van der Waals surface area contributed by atoms with Gasteiger partial charge in [-0.3, -0.25) is 4.79 Å². The third kappa shape index (κ3) is 7.61. The molecule has 1 unspecified atom stereocenters. The molecule has 3 rings (SSSR count). The summed E-state index contributed by atoms with van der Waals surface area (Å²) in [6.45, 7) is 8.22. The lowest BCUT2D eigenvalue weighted by molar-refractivity contribution is -0.128. The van der Waals surface area contributed by atoms with E-state index in [-0.39, 0.29) is 5.91 Å². The molecule has 2 N–H and O–H groups in total. The highest BCUT2D eigenvalue weighted by molar-refractivity contribution is 5.79. The number of guanidine groups is 1. The predicted molar refractivity (Wildman–Crippen MR) is 118 cm³/mol. The third-order valence-corrected chi connectivity index (χ3v) is 5.42. The maximum absolute atomic E-state index is 11.8. The van der Waals surface area contributed by atoms with Crippen molar-refractivity contribution in [2.45, 2.75) is 58.2 Å². The van der Waals surface area contributed by atoms with Crippen molar-refractivity contribution < 1.29 is 14.3 Å². The number of likely N-dealkylation sites (tertiary alicyclic amines) is 1. The van der Waals surface area contributed by atoms with Crippen LogP contribution in [0.25, 0.3) is 0 Å². The summed E-state index contributed by atoms with van der Waals surface area (Å²) < 4.78 is 11.3. The summed E-state index contributed by atoms with van der Waals surface area (Å²) in [6, 6.07) is 8.40. The van der Waals surface area contributed by atoms with E-state index in [1.807, 2.05) is 4.90 Å². The van der Waals surface area contributed by atoms with Crippen LogP contribution < -0.4 is 10.6 Å². The Kier molecular flexibility index (Phi) is 9.44. The number of carbonyl (C=O) groups excluding carboxylic acids is 1. The minimum absolute atomic E-state index is 0.266. The Morgan fingerprint density at radius 3 is 2.77 bits per heavy atom. The molecule has 166 valence electrons. The number of benzene rings is 1. The van der Waals surface area contributed by atoms with Gasteiger partial charge in [0.05, 0.1) is 19.3 Å². The first-order valence-corrected chi connectivity index (χ1v) is 11.3. The molecule has 2 heterocycles. The average Bonchev–Trinajstić information content (AvgIpc) is 3.42. The summed E-state index contributed by atoms with van der Waals surface area (Å²) in [5, 5.41) is 6.65. The van der Waals surface area contributed by atoms with Gasteiger partial charge in [-0.05, 0) is 43.7 Å². The molecular formula is C23H36N4O3. The smallest absolute Gasteiger partial charge is 0.222 e. The number of nitrogens with one attached hydrogen (secondary N) is 2. The van der Waals surface area contributed by atoms with Crippen molar-refractivity contribution in [1.29, 1.82) is 0 Å². The number of aliphatic imine (C=N–C) groups is 1. The fourth-order valence-corrected chi connectivity index (χ4v) is 3.73. The van der Waals surface area contributed by atoms with Gasteiger partial charge in [0.2, 0.25) is 5.91 Å². The van der Waals surface area contributed by atoms with Crippen LogP contribution in [0.15, 0.2) is 29.3 Å². The summed E-state index contributed by atoms with van der Waals surface area (Å²) >= 11 is 0. The van der Waals surface area contributed by atoms with E-state index in [4.69, 9.17) is 9.47 Å². The molecular weight excluding hydrogens is 380 g/mol. The molecule has 30 heavy (non-hydrogen) atoms. The number of hydrogen-bond acceptors (Lipinski definition) is 4. The van der Waals surface area contributed by atoms with Gasteiger partial charge in [0, 0.05) is 45.8 Å². The number of amides is 1. The highest BCUT2D eigenvalue weighted by Crippen LogP contribution is 2.15. The van der Waals surface area contributed by atoms with Crippen LogP contribution in [0.5, 0.6) is 0 Å². The first-order chi connectivity index (χ1) is 14.7. The zero-order chi connectivity index (χ0) is 21.0. The van der Waals surface area contributed by atoms with E-state index < -0.39 is 0 Å². The van der Waals surface area contributed by atoms with Crippen LogP contribution in [0.4, 0.5) is 0 Å². The zero-order valence-corrected chi connectivity index (χ0v) is 18.2. The van der Waals surface area contributed by atoms with Crippen LogP contribution in [-0.4, -0.2) is 62.3 Å². The minimum Gasteiger partial charge on any atom is -0.379 e. The molecule has 1 atom stereocenters. The van der Waals surface area contributed by atoms with Crippen molar-refractivity contribution in [3.05, 3.63) is 35.4 Å². The second kappa shape index (κ2) is 12.5. The van der Waals surface area contributed by atoms with Crippen molar-refractivity contribution in [2.75, 3.05) is 39.5 Å². The second-order valence-corrected chi connectivity index (χ2v) is 7.92. The van der Waals surface area contributed by atoms with Gasteiger partial charge >= 0.3 is 0 Å². The zero-order valence-electron chi connectivity index (χ0n) is 18.2. The monoisotopic (exact) mass is 416 g/mol. The second-order valence-electron chi connectivity index (χ2n) is 7.92. The molecule has 7 heteroatoms. The maximum Gasteiger partial charge on any atom is 0.222 e. The average molecular weight is 417 g/mol. The van der Waals surface area contributed by atoms with Gasteiger partial charge < -0.3 is 25.0 Å². The fourth-order valence-electron chi connectivity index (χ4n) is 3.73. The van der Waals surface area contributed by atoms with Gasteiger partial charge in [-0.2, -0.15) is 0 Å². The van der Waals surface area contributed by atoms with E-state index in [9.17, 15) is 4.79 Å². The number of rotatable bonds is 11. The number of carbonyl (C=O) groups is 1. The predicted octanol–water partition coefficient (Wildman–Crippen LogP) is 2.45. The lowest BCUT2D eigenvalue weighted by Crippen LogP contribution is -2.38. The molecule has 0 aliphatic carbocycles. The standard InChI is InChI=1S/C23H36N4O3/c1-2-24-23(25-12-5-14-29-18-21-6-4-15-30-21)26-16-19-8-10-20(11-9-19)17-27-13-3-7-22(27)28/h8-11,21H,2-7,12-18H2,1H3,(H2,24,25,26). The Morgan fingerprint density at radius 2 is 2.07 bits per heavy atom. The third-order valence-electron chi connectivity index (χ3n) is 5.42. The molecule has 7 nitrogen and oxygen atoms in total. The Labute approximate surface area is 180 Å². The summed E-state index contributed by atoms with van der Waals surface area (Å²) in [5.41, 5.74) is 2.33. The largest absolute Gasteiger partial charge is 0.379 e. The molecule has 2 fully saturated rings. The summed E-state index contributed by atoms with van der Waals surface area (Å²) in [4.78, 5) is 18.4. The Balaban J connectivity index is 1.36. The van der Waals surface area contributed by atoms with Gasteiger partial charge in [0.15, 0.2) is 5.96 Å². The molecule has 0 radical (unpaired) electrons.